The SMILES string of the molecule is CCc1ccc2nc(N(Cc3ccco3)C(=O)c3cccc(OC)c3)sc2c1. The van der Waals surface area contributed by atoms with E-state index in [0.717, 1.165) is 16.6 Å². The van der Waals surface area contributed by atoms with E-state index in [1.807, 2.05) is 30.3 Å². The van der Waals surface area contributed by atoms with Crippen LogP contribution in [0.2, 0.25) is 0 Å². The molecule has 0 atom stereocenters. The fraction of sp³-hybridized carbons (Fsp3) is 0.182. The molecule has 0 saturated heterocycles. The van der Waals surface area contributed by atoms with Crippen LogP contribution in [0.3, 0.4) is 0 Å². The lowest BCUT2D eigenvalue weighted by Crippen LogP contribution is -2.30. The maximum absolute atomic E-state index is 13.3. The summed E-state index contributed by atoms with van der Waals surface area (Å²) in [6, 6.07) is 17.0. The third kappa shape index (κ3) is 3.64. The second kappa shape index (κ2) is 7.86. The first-order valence-electron chi connectivity index (χ1n) is 9.05. The van der Waals surface area contributed by atoms with Gasteiger partial charge in [-0.05, 0) is 54.4 Å². The Kier molecular flexibility index (Phi) is 5.12. The monoisotopic (exact) mass is 392 g/mol. The van der Waals surface area contributed by atoms with Crippen molar-refractivity contribution in [1.82, 2.24) is 4.98 Å². The van der Waals surface area contributed by atoms with E-state index in [1.165, 1.54) is 16.9 Å². The first-order valence-corrected chi connectivity index (χ1v) is 9.87. The van der Waals surface area contributed by atoms with Gasteiger partial charge in [-0.2, -0.15) is 0 Å². The molecular weight excluding hydrogens is 372 g/mol. The largest absolute Gasteiger partial charge is 0.497 e. The standard InChI is InChI=1S/C22H20N2O3S/c1-3-15-9-10-19-20(12-15)28-22(23-19)24(14-18-8-5-11-27-18)21(25)16-6-4-7-17(13-16)26-2/h4-13H,3,14H2,1-2H3. The smallest absolute Gasteiger partial charge is 0.260 e. The van der Waals surface area contributed by atoms with Crippen molar-refractivity contribution in [3.8, 4) is 5.75 Å². The highest BCUT2D eigenvalue weighted by molar-refractivity contribution is 7.22. The zero-order chi connectivity index (χ0) is 19.5. The highest BCUT2D eigenvalue weighted by Crippen LogP contribution is 2.32. The molecule has 2 heterocycles. The molecule has 1 amide bonds. The van der Waals surface area contributed by atoms with Gasteiger partial charge in [-0.1, -0.05) is 30.4 Å². The van der Waals surface area contributed by atoms with Crippen LogP contribution < -0.4 is 9.64 Å². The summed E-state index contributed by atoms with van der Waals surface area (Å²) in [4.78, 5) is 19.7. The van der Waals surface area contributed by atoms with Crippen molar-refractivity contribution < 1.29 is 13.9 Å². The van der Waals surface area contributed by atoms with Gasteiger partial charge in [0.1, 0.15) is 11.5 Å². The number of benzene rings is 2. The second-order valence-electron chi connectivity index (χ2n) is 6.35. The first-order chi connectivity index (χ1) is 13.7. The number of amides is 1. The number of carbonyl (C=O) groups excluding carboxylic acids is 1. The van der Waals surface area contributed by atoms with Crippen molar-refractivity contribution in [2.24, 2.45) is 0 Å². The number of nitrogens with zero attached hydrogens (tertiary/aromatic N) is 2. The number of anilines is 1. The summed E-state index contributed by atoms with van der Waals surface area (Å²) in [6.07, 6.45) is 2.57. The molecule has 4 aromatic rings. The second-order valence-corrected chi connectivity index (χ2v) is 7.36. The van der Waals surface area contributed by atoms with Crippen molar-refractivity contribution >= 4 is 32.6 Å². The Morgan fingerprint density at radius 2 is 2.07 bits per heavy atom. The summed E-state index contributed by atoms with van der Waals surface area (Å²) in [7, 11) is 1.59. The number of aryl methyl sites for hydroxylation is 1. The minimum absolute atomic E-state index is 0.148. The summed E-state index contributed by atoms with van der Waals surface area (Å²) in [5.74, 6) is 1.19. The van der Waals surface area contributed by atoms with Crippen LogP contribution in [0.1, 0.15) is 28.6 Å². The molecule has 0 fully saturated rings. The first kappa shape index (κ1) is 18.3. The van der Waals surface area contributed by atoms with Crippen LogP contribution in [-0.2, 0) is 13.0 Å². The third-order valence-corrected chi connectivity index (χ3v) is 5.58. The van der Waals surface area contributed by atoms with Crippen LogP contribution in [0.4, 0.5) is 5.13 Å². The van der Waals surface area contributed by atoms with Gasteiger partial charge < -0.3 is 9.15 Å². The molecule has 0 bridgehead atoms. The highest BCUT2D eigenvalue weighted by Gasteiger charge is 2.23. The van der Waals surface area contributed by atoms with Gasteiger partial charge in [0.05, 0.1) is 30.1 Å². The molecule has 6 heteroatoms. The van der Waals surface area contributed by atoms with Crippen LogP contribution in [0, 0.1) is 0 Å². The molecule has 28 heavy (non-hydrogen) atoms. The number of rotatable bonds is 6. The maximum atomic E-state index is 13.3. The van der Waals surface area contributed by atoms with E-state index in [4.69, 9.17) is 14.1 Å². The van der Waals surface area contributed by atoms with Crippen molar-refractivity contribution in [2.45, 2.75) is 19.9 Å². The quantitative estimate of drug-likeness (QED) is 0.446. The van der Waals surface area contributed by atoms with Gasteiger partial charge in [0.2, 0.25) is 0 Å². The Morgan fingerprint density at radius 3 is 2.82 bits per heavy atom. The number of aromatic nitrogens is 1. The lowest BCUT2D eigenvalue weighted by atomic mass is 10.2. The van der Waals surface area contributed by atoms with Crippen molar-refractivity contribution in [2.75, 3.05) is 12.0 Å². The summed E-state index contributed by atoms with van der Waals surface area (Å²) in [5.41, 5.74) is 2.68. The minimum atomic E-state index is -0.148. The predicted molar refractivity (Wildman–Crippen MR) is 111 cm³/mol. The van der Waals surface area contributed by atoms with Gasteiger partial charge in [0.25, 0.3) is 5.91 Å². The molecule has 4 rings (SSSR count). The lowest BCUT2D eigenvalue weighted by molar-refractivity contribution is 0.0983. The number of hydrogen-bond acceptors (Lipinski definition) is 5. The molecule has 142 valence electrons. The van der Waals surface area contributed by atoms with E-state index in [1.54, 1.807) is 30.4 Å². The molecule has 0 unspecified atom stereocenters. The number of furan rings is 1. The summed E-state index contributed by atoms with van der Waals surface area (Å²) in [5, 5.41) is 0.646. The highest BCUT2D eigenvalue weighted by atomic mass is 32.1. The molecule has 5 nitrogen and oxygen atoms in total. The van der Waals surface area contributed by atoms with Crippen LogP contribution in [0.15, 0.2) is 65.3 Å². The van der Waals surface area contributed by atoms with E-state index in [9.17, 15) is 4.79 Å². The van der Waals surface area contributed by atoms with Crippen LogP contribution in [0.25, 0.3) is 10.2 Å². The predicted octanol–water partition coefficient (Wildman–Crippen LogP) is 5.31. The lowest BCUT2D eigenvalue weighted by Gasteiger charge is -2.19. The van der Waals surface area contributed by atoms with Gasteiger partial charge in [-0.3, -0.25) is 9.69 Å². The molecular formula is C22H20N2O3S. The number of methoxy groups -OCH3 is 1. The van der Waals surface area contributed by atoms with Gasteiger partial charge in [0.15, 0.2) is 5.13 Å². The molecule has 2 aromatic carbocycles. The number of carbonyl (C=O) groups is 1. The molecule has 2 aromatic heterocycles. The maximum Gasteiger partial charge on any atom is 0.260 e. The Balaban J connectivity index is 1.75. The normalized spacial score (nSPS) is 10.9. The fourth-order valence-electron chi connectivity index (χ4n) is 2.99. The Hall–Kier alpha value is -3.12. The molecule has 0 aliphatic rings. The summed E-state index contributed by atoms with van der Waals surface area (Å²) >= 11 is 1.51. The molecule has 0 aliphatic carbocycles. The van der Waals surface area contributed by atoms with Crippen molar-refractivity contribution in [1.29, 1.82) is 0 Å². The number of hydrogen-bond donors (Lipinski definition) is 0. The van der Waals surface area contributed by atoms with Crippen LogP contribution in [-0.4, -0.2) is 18.0 Å². The summed E-state index contributed by atoms with van der Waals surface area (Å²) in [6.45, 7) is 2.43. The Labute approximate surface area is 167 Å². The molecule has 0 radical (unpaired) electrons. The van der Waals surface area contributed by atoms with Gasteiger partial charge in [-0.15, -0.1) is 0 Å². The molecule has 0 aliphatic heterocycles. The van der Waals surface area contributed by atoms with Gasteiger partial charge in [0, 0.05) is 5.56 Å². The van der Waals surface area contributed by atoms with Gasteiger partial charge >= 0.3 is 0 Å². The topological polar surface area (TPSA) is 55.6 Å². The number of fused-ring (bicyclic) bond motifs is 1. The molecule has 0 N–H and O–H groups in total. The Bertz CT molecular complexity index is 1100. The third-order valence-electron chi connectivity index (χ3n) is 4.54. The number of ether oxygens (including phenoxy) is 1. The molecule has 0 spiro atoms. The minimum Gasteiger partial charge on any atom is -0.497 e. The average Bonchev–Trinajstić information content (AvgIpc) is 3.40. The van der Waals surface area contributed by atoms with Gasteiger partial charge in [-0.25, -0.2) is 4.98 Å². The Morgan fingerprint density at radius 1 is 1.18 bits per heavy atom. The van der Waals surface area contributed by atoms with E-state index in [2.05, 4.69) is 19.1 Å². The van der Waals surface area contributed by atoms with E-state index < -0.39 is 0 Å². The summed E-state index contributed by atoms with van der Waals surface area (Å²) < 4.78 is 11.8. The molecule has 0 saturated carbocycles. The zero-order valence-electron chi connectivity index (χ0n) is 15.7. The van der Waals surface area contributed by atoms with Crippen molar-refractivity contribution in [3.63, 3.8) is 0 Å². The number of thiazole rings is 1. The van der Waals surface area contributed by atoms with E-state index in [-0.39, 0.29) is 5.91 Å². The zero-order valence-corrected chi connectivity index (χ0v) is 16.5. The van der Waals surface area contributed by atoms with Crippen molar-refractivity contribution in [3.05, 3.63) is 77.7 Å². The van der Waals surface area contributed by atoms with Crippen LogP contribution in [0.5, 0.6) is 5.75 Å². The van der Waals surface area contributed by atoms with Crippen LogP contribution >= 0.6 is 11.3 Å². The van der Waals surface area contributed by atoms with E-state index in [0.29, 0.717) is 28.7 Å². The van der Waals surface area contributed by atoms with E-state index >= 15 is 0 Å². The average molecular weight is 392 g/mol. The fourth-order valence-corrected chi connectivity index (χ4v) is 4.02.